The van der Waals surface area contributed by atoms with Crippen LogP contribution in [0, 0.1) is 0 Å². The minimum atomic E-state index is -0.0917. The number of piperazine rings is 1. The Kier molecular flexibility index (Phi) is 6.29. The van der Waals surface area contributed by atoms with Crippen molar-refractivity contribution in [2.24, 2.45) is 0 Å². The Labute approximate surface area is 164 Å². The molecule has 0 bridgehead atoms. The lowest BCUT2D eigenvalue weighted by Crippen LogP contribution is -2.50. The predicted octanol–water partition coefficient (Wildman–Crippen LogP) is 2.69. The van der Waals surface area contributed by atoms with Crippen molar-refractivity contribution in [3.05, 3.63) is 58.9 Å². The van der Waals surface area contributed by atoms with Gasteiger partial charge in [0.1, 0.15) is 5.69 Å². The lowest BCUT2D eigenvalue weighted by atomic mass is 10.1. The highest BCUT2D eigenvalue weighted by Gasteiger charge is 2.23. The number of amides is 2. The highest BCUT2D eigenvalue weighted by atomic mass is 35.5. The molecule has 0 unspecified atom stereocenters. The van der Waals surface area contributed by atoms with Crippen LogP contribution in [0.25, 0.3) is 0 Å². The molecule has 1 aromatic carbocycles. The number of pyridine rings is 1. The molecule has 2 aromatic rings. The van der Waals surface area contributed by atoms with Gasteiger partial charge in [-0.1, -0.05) is 23.7 Å². The molecular weight excluding hydrogens is 364 g/mol. The van der Waals surface area contributed by atoms with Gasteiger partial charge in [0.05, 0.1) is 11.9 Å². The summed E-state index contributed by atoms with van der Waals surface area (Å²) in [5.41, 5.74) is 2.51. The summed E-state index contributed by atoms with van der Waals surface area (Å²) in [7, 11) is 0. The van der Waals surface area contributed by atoms with E-state index in [-0.39, 0.29) is 11.8 Å². The smallest absolute Gasteiger partial charge is 0.272 e. The zero-order chi connectivity index (χ0) is 19.2. The van der Waals surface area contributed by atoms with Gasteiger partial charge in [0.25, 0.3) is 5.91 Å². The van der Waals surface area contributed by atoms with Crippen molar-refractivity contribution in [1.29, 1.82) is 0 Å². The Hall–Kier alpha value is -2.60. The van der Waals surface area contributed by atoms with Crippen LogP contribution in [0.15, 0.2) is 42.6 Å². The Bertz CT molecular complexity index is 785. The molecule has 0 atom stereocenters. The van der Waals surface area contributed by atoms with Crippen LogP contribution in [0.5, 0.6) is 0 Å². The molecule has 2 amide bonds. The molecule has 0 saturated carbocycles. The molecule has 142 valence electrons. The average molecular weight is 387 g/mol. The molecule has 1 aromatic heterocycles. The summed E-state index contributed by atoms with van der Waals surface area (Å²) in [5, 5.41) is 4.04. The molecule has 1 aliphatic heterocycles. The molecule has 2 heterocycles. The van der Waals surface area contributed by atoms with Crippen molar-refractivity contribution >= 4 is 29.1 Å². The zero-order valence-corrected chi connectivity index (χ0v) is 16.1. The van der Waals surface area contributed by atoms with E-state index >= 15 is 0 Å². The first-order valence-electron chi connectivity index (χ1n) is 9.02. The van der Waals surface area contributed by atoms with Crippen molar-refractivity contribution in [1.82, 2.24) is 14.8 Å². The van der Waals surface area contributed by atoms with Crippen LogP contribution in [0.1, 0.15) is 23.0 Å². The van der Waals surface area contributed by atoms with Crippen LogP contribution in [0.3, 0.4) is 0 Å². The van der Waals surface area contributed by atoms with Crippen molar-refractivity contribution < 1.29 is 9.59 Å². The minimum absolute atomic E-state index is 0.0502. The number of hydrogen-bond acceptors (Lipinski definition) is 4. The summed E-state index contributed by atoms with van der Waals surface area (Å²) in [6.07, 6.45) is 2.55. The van der Waals surface area contributed by atoms with E-state index in [0.717, 1.165) is 23.7 Å². The number of rotatable bonds is 5. The van der Waals surface area contributed by atoms with Crippen molar-refractivity contribution in [3.63, 3.8) is 0 Å². The topological polar surface area (TPSA) is 65.5 Å². The molecule has 0 radical (unpaired) electrons. The molecule has 27 heavy (non-hydrogen) atoms. The van der Waals surface area contributed by atoms with E-state index in [1.165, 1.54) is 5.56 Å². The van der Waals surface area contributed by atoms with Gasteiger partial charge in [0.15, 0.2) is 0 Å². The van der Waals surface area contributed by atoms with Gasteiger partial charge in [-0.25, -0.2) is 4.98 Å². The summed E-state index contributed by atoms with van der Waals surface area (Å²) in [4.78, 5) is 31.7. The van der Waals surface area contributed by atoms with Crippen molar-refractivity contribution in [2.75, 3.05) is 38.0 Å². The number of carbonyl (C=O) groups is 2. The number of benzene rings is 1. The fraction of sp³-hybridized carbons (Fsp3) is 0.350. The monoisotopic (exact) mass is 386 g/mol. The zero-order valence-electron chi connectivity index (χ0n) is 15.3. The average Bonchev–Trinajstić information content (AvgIpc) is 2.69. The maximum Gasteiger partial charge on any atom is 0.272 e. The Morgan fingerprint density at radius 2 is 1.70 bits per heavy atom. The number of halogens is 1. The largest absolute Gasteiger partial charge is 0.383 e. The third kappa shape index (κ3) is 5.20. The van der Waals surface area contributed by atoms with E-state index in [0.29, 0.717) is 31.9 Å². The Morgan fingerprint density at radius 3 is 2.30 bits per heavy atom. The second kappa shape index (κ2) is 8.86. The molecular formula is C20H23ClN4O2. The number of carbonyl (C=O) groups excluding carboxylic acids is 2. The molecule has 1 aliphatic rings. The van der Waals surface area contributed by atoms with E-state index in [1.807, 2.05) is 30.3 Å². The first-order valence-corrected chi connectivity index (χ1v) is 9.40. The number of aromatic nitrogens is 1. The Morgan fingerprint density at radius 1 is 1.04 bits per heavy atom. The second-order valence-corrected chi connectivity index (χ2v) is 6.97. The van der Waals surface area contributed by atoms with Crippen molar-refractivity contribution in [3.8, 4) is 0 Å². The van der Waals surface area contributed by atoms with Gasteiger partial charge >= 0.3 is 0 Å². The van der Waals surface area contributed by atoms with E-state index in [2.05, 4.69) is 10.3 Å². The summed E-state index contributed by atoms with van der Waals surface area (Å²) in [5.74, 6) is -0.0415. The van der Waals surface area contributed by atoms with Crippen LogP contribution in [-0.4, -0.2) is 59.3 Å². The third-order valence-electron chi connectivity index (χ3n) is 4.65. The van der Waals surface area contributed by atoms with Gasteiger partial charge in [0.2, 0.25) is 5.91 Å². The number of nitrogens with zero attached hydrogens (tertiary/aromatic N) is 3. The van der Waals surface area contributed by atoms with Gasteiger partial charge in [-0.3, -0.25) is 9.59 Å². The quantitative estimate of drug-likeness (QED) is 0.858. The number of hydrogen-bond donors (Lipinski definition) is 1. The fourth-order valence-electron chi connectivity index (χ4n) is 3.01. The molecule has 0 spiro atoms. The van der Waals surface area contributed by atoms with Crippen LogP contribution in [0.2, 0.25) is 5.02 Å². The molecule has 1 N–H and O–H groups in total. The first-order chi connectivity index (χ1) is 13.0. The van der Waals surface area contributed by atoms with Crippen LogP contribution < -0.4 is 5.32 Å². The van der Waals surface area contributed by atoms with Crippen molar-refractivity contribution in [2.45, 2.75) is 13.3 Å². The molecule has 0 aliphatic carbocycles. The minimum Gasteiger partial charge on any atom is -0.383 e. The third-order valence-corrected chi connectivity index (χ3v) is 4.90. The fourth-order valence-corrected chi connectivity index (χ4v) is 3.14. The lowest BCUT2D eigenvalue weighted by molar-refractivity contribution is -0.130. The molecule has 1 fully saturated rings. The van der Waals surface area contributed by atoms with Gasteiger partial charge in [-0.15, -0.1) is 0 Å². The summed E-state index contributed by atoms with van der Waals surface area (Å²) in [6, 6.07) is 11.4. The van der Waals surface area contributed by atoms with Crippen LogP contribution >= 0.6 is 11.6 Å². The predicted molar refractivity (Wildman–Crippen MR) is 106 cm³/mol. The normalized spacial score (nSPS) is 14.1. The summed E-state index contributed by atoms with van der Waals surface area (Å²) in [6.45, 7) is 4.56. The first kappa shape index (κ1) is 19.2. The second-order valence-electron chi connectivity index (χ2n) is 6.53. The summed E-state index contributed by atoms with van der Waals surface area (Å²) >= 11 is 5.89. The standard InChI is InChI=1S/C20H23ClN4O2/c1-15(26)24-10-12-25(13-11-24)20(27)19-7-6-18(14-23-19)22-9-8-16-2-4-17(21)5-3-16/h2-7,14,22H,8-13H2,1H3. The molecule has 6 nitrogen and oxygen atoms in total. The highest BCUT2D eigenvalue weighted by molar-refractivity contribution is 6.30. The van der Waals surface area contributed by atoms with E-state index in [9.17, 15) is 9.59 Å². The SMILES string of the molecule is CC(=O)N1CCN(C(=O)c2ccc(NCCc3ccc(Cl)cc3)cn2)CC1. The van der Waals surface area contributed by atoms with Crippen LogP contribution in [-0.2, 0) is 11.2 Å². The van der Waals surface area contributed by atoms with Gasteiger partial charge in [0, 0.05) is 44.7 Å². The van der Waals surface area contributed by atoms with E-state index in [1.54, 1.807) is 29.0 Å². The van der Waals surface area contributed by atoms with E-state index < -0.39 is 0 Å². The number of anilines is 1. The Balaban J connectivity index is 1.48. The van der Waals surface area contributed by atoms with Gasteiger partial charge < -0.3 is 15.1 Å². The molecule has 3 rings (SSSR count). The number of nitrogens with one attached hydrogen (secondary N) is 1. The lowest BCUT2D eigenvalue weighted by Gasteiger charge is -2.34. The highest BCUT2D eigenvalue weighted by Crippen LogP contribution is 2.12. The van der Waals surface area contributed by atoms with E-state index in [4.69, 9.17) is 11.6 Å². The maximum atomic E-state index is 12.5. The van der Waals surface area contributed by atoms with Gasteiger partial charge in [-0.2, -0.15) is 0 Å². The summed E-state index contributed by atoms with van der Waals surface area (Å²) < 4.78 is 0. The van der Waals surface area contributed by atoms with Crippen LogP contribution in [0.4, 0.5) is 5.69 Å². The molecule has 7 heteroatoms. The van der Waals surface area contributed by atoms with Gasteiger partial charge in [-0.05, 0) is 36.2 Å². The maximum absolute atomic E-state index is 12.5. The molecule has 1 saturated heterocycles.